The van der Waals surface area contributed by atoms with E-state index in [9.17, 15) is 4.79 Å². The second-order valence-corrected chi connectivity index (χ2v) is 9.63. The van der Waals surface area contributed by atoms with E-state index >= 15 is 0 Å². The largest absolute Gasteiger partial charge is 0.489 e. The van der Waals surface area contributed by atoms with Crippen LogP contribution in [0.3, 0.4) is 0 Å². The first-order valence-corrected chi connectivity index (χ1v) is 13.2. The molecule has 0 spiro atoms. The molecule has 0 aliphatic rings. The van der Waals surface area contributed by atoms with Crippen molar-refractivity contribution in [3.63, 3.8) is 0 Å². The summed E-state index contributed by atoms with van der Waals surface area (Å²) >= 11 is 1.67. The highest BCUT2D eigenvalue weighted by Crippen LogP contribution is 2.28. The van der Waals surface area contributed by atoms with Gasteiger partial charge in [0.25, 0.3) is 0 Å². The summed E-state index contributed by atoms with van der Waals surface area (Å²) in [7, 11) is 1.73. The van der Waals surface area contributed by atoms with E-state index in [0.717, 1.165) is 52.8 Å². The van der Waals surface area contributed by atoms with Crippen LogP contribution in [0.15, 0.2) is 84.2 Å². The molecule has 0 aliphatic heterocycles. The summed E-state index contributed by atoms with van der Waals surface area (Å²) in [6.07, 6.45) is 1.58. The topological polar surface area (TPSA) is 71.9 Å². The summed E-state index contributed by atoms with van der Waals surface area (Å²) < 4.78 is 11.2. The van der Waals surface area contributed by atoms with E-state index < -0.39 is 5.97 Å². The molecule has 0 saturated heterocycles. The Balaban J connectivity index is 1.35. The van der Waals surface area contributed by atoms with Crippen molar-refractivity contribution < 1.29 is 19.4 Å². The fraction of sp³-hybridized carbons (Fsp3) is 0.267. The van der Waals surface area contributed by atoms with Crippen molar-refractivity contribution in [1.82, 2.24) is 4.98 Å². The number of carboxylic acid groups (broad SMARTS) is 1. The molecule has 6 nitrogen and oxygen atoms in total. The normalized spacial score (nSPS) is 10.8. The third kappa shape index (κ3) is 8.17. The highest BCUT2D eigenvalue weighted by molar-refractivity contribution is 7.14. The Kier molecular flexibility index (Phi) is 9.68. The molecule has 37 heavy (non-hydrogen) atoms. The van der Waals surface area contributed by atoms with Crippen LogP contribution in [-0.4, -0.2) is 36.3 Å². The number of rotatable bonds is 14. The molecule has 0 unspecified atom stereocenters. The number of ether oxygens (including phenoxy) is 2. The monoisotopic (exact) mass is 516 g/mol. The average molecular weight is 517 g/mol. The highest BCUT2D eigenvalue weighted by Gasteiger charge is 2.13. The number of hydrogen-bond donors (Lipinski definition) is 1. The fourth-order valence-corrected chi connectivity index (χ4v) is 4.79. The third-order valence-corrected chi connectivity index (χ3v) is 6.86. The van der Waals surface area contributed by atoms with E-state index in [1.165, 1.54) is 5.56 Å². The molecule has 0 aliphatic carbocycles. The first-order chi connectivity index (χ1) is 18.1. The Morgan fingerprint density at radius 1 is 0.946 bits per heavy atom. The van der Waals surface area contributed by atoms with Gasteiger partial charge in [-0.2, -0.15) is 0 Å². The van der Waals surface area contributed by atoms with Gasteiger partial charge >= 0.3 is 5.97 Å². The highest BCUT2D eigenvalue weighted by atomic mass is 32.1. The quantitative estimate of drug-likeness (QED) is 0.194. The Labute approximate surface area is 222 Å². The SMILES string of the molecule is COCCCN(Cc1ccc(COc2ccc(CCC(=O)O)cc2)cc1)c1nc(-c2ccccc2)cs1. The molecule has 4 aromatic rings. The van der Waals surface area contributed by atoms with Gasteiger partial charge in [0.15, 0.2) is 5.13 Å². The van der Waals surface area contributed by atoms with Gasteiger partial charge in [-0.15, -0.1) is 11.3 Å². The molecule has 0 atom stereocenters. The standard InChI is InChI=1S/C30H32N2O4S/c1-35-19-5-18-32(30-31-28(22-37-30)26-6-3-2-4-7-26)20-24-8-10-25(11-9-24)21-36-27-15-12-23(13-16-27)14-17-29(33)34/h2-4,6-13,15-16,22H,5,14,17-21H2,1H3,(H,33,34). The maximum atomic E-state index is 10.7. The number of hydrogen-bond acceptors (Lipinski definition) is 6. The van der Waals surface area contributed by atoms with Gasteiger partial charge in [-0.1, -0.05) is 66.7 Å². The Morgan fingerprint density at radius 2 is 1.65 bits per heavy atom. The summed E-state index contributed by atoms with van der Waals surface area (Å²) in [4.78, 5) is 18.0. The van der Waals surface area contributed by atoms with Crippen LogP contribution in [0.1, 0.15) is 29.5 Å². The number of aromatic nitrogens is 1. The van der Waals surface area contributed by atoms with Gasteiger partial charge < -0.3 is 19.5 Å². The minimum atomic E-state index is -0.787. The second-order valence-electron chi connectivity index (χ2n) is 8.79. The van der Waals surface area contributed by atoms with Gasteiger partial charge in [-0.3, -0.25) is 4.79 Å². The zero-order valence-electron chi connectivity index (χ0n) is 21.0. The van der Waals surface area contributed by atoms with E-state index in [-0.39, 0.29) is 6.42 Å². The summed E-state index contributed by atoms with van der Waals surface area (Å²) in [6.45, 7) is 2.82. The number of aliphatic carboxylic acids is 1. The predicted octanol–water partition coefficient (Wildman–Crippen LogP) is 6.45. The smallest absolute Gasteiger partial charge is 0.303 e. The summed E-state index contributed by atoms with van der Waals surface area (Å²) in [5.74, 6) is -0.0177. The van der Waals surface area contributed by atoms with E-state index in [1.54, 1.807) is 18.4 Å². The van der Waals surface area contributed by atoms with Gasteiger partial charge in [0.2, 0.25) is 0 Å². The maximum Gasteiger partial charge on any atom is 0.303 e. The molecule has 0 amide bonds. The van der Waals surface area contributed by atoms with E-state index in [0.29, 0.717) is 19.6 Å². The molecule has 1 aromatic heterocycles. The lowest BCUT2D eigenvalue weighted by Crippen LogP contribution is -2.24. The molecule has 1 N–H and O–H groups in total. The molecule has 0 bridgehead atoms. The zero-order valence-corrected chi connectivity index (χ0v) is 21.8. The molecule has 0 fully saturated rings. The Bertz CT molecular complexity index is 1240. The Morgan fingerprint density at radius 3 is 2.35 bits per heavy atom. The van der Waals surface area contributed by atoms with Crippen LogP contribution in [-0.2, 0) is 29.1 Å². The van der Waals surface area contributed by atoms with Crippen molar-refractivity contribution in [3.05, 3.63) is 101 Å². The van der Waals surface area contributed by atoms with Crippen LogP contribution < -0.4 is 9.64 Å². The number of benzene rings is 3. The predicted molar refractivity (Wildman–Crippen MR) is 148 cm³/mol. The Hall–Kier alpha value is -3.68. The van der Waals surface area contributed by atoms with Crippen molar-refractivity contribution in [2.24, 2.45) is 0 Å². The molecular formula is C30H32N2O4S. The van der Waals surface area contributed by atoms with Crippen LogP contribution in [0.2, 0.25) is 0 Å². The first kappa shape index (κ1) is 26.4. The molecule has 0 radical (unpaired) electrons. The van der Waals surface area contributed by atoms with Crippen molar-refractivity contribution in [2.75, 3.05) is 25.2 Å². The van der Waals surface area contributed by atoms with Gasteiger partial charge in [0.1, 0.15) is 12.4 Å². The number of methoxy groups -OCH3 is 1. The van der Waals surface area contributed by atoms with Gasteiger partial charge in [0.05, 0.1) is 5.69 Å². The fourth-order valence-electron chi connectivity index (χ4n) is 3.92. The van der Waals surface area contributed by atoms with Crippen molar-refractivity contribution in [3.8, 4) is 17.0 Å². The minimum absolute atomic E-state index is 0.132. The summed E-state index contributed by atoms with van der Waals surface area (Å²) in [5.41, 5.74) is 5.41. The third-order valence-electron chi connectivity index (χ3n) is 5.96. The molecule has 1 heterocycles. The van der Waals surface area contributed by atoms with Crippen molar-refractivity contribution >= 4 is 22.4 Å². The lowest BCUT2D eigenvalue weighted by atomic mass is 10.1. The number of aryl methyl sites for hydroxylation is 1. The maximum absolute atomic E-state index is 10.7. The van der Waals surface area contributed by atoms with Crippen molar-refractivity contribution in [2.45, 2.75) is 32.4 Å². The molecular weight excluding hydrogens is 484 g/mol. The molecule has 4 rings (SSSR count). The van der Waals surface area contributed by atoms with Crippen LogP contribution in [0.25, 0.3) is 11.3 Å². The molecule has 192 valence electrons. The number of carbonyl (C=O) groups is 1. The molecule has 0 saturated carbocycles. The molecule has 7 heteroatoms. The van der Waals surface area contributed by atoms with Crippen LogP contribution in [0.4, 0.5) is 5.13 Å². The summed E-state index contributed by atoms with van der Waals surface area (Å²) in [6, 6.07) is 26.4. The zero-order chi connectivity index (χ0) is 25.9. The van der Waals surface area contributed by atoms with Gasteiger partial charge in [0, 0.05) is 44.2 Å². The first-order valence-electron chi connectivity index (χ1n) is 12.4. The van der Waals surface area contributed by atoms with Crippen LogP contribution in [0.5, 0.6) is 5.75 Å². The van der Waals surface area contributed by atoms with E-state index in [4.69, 9.17) is 19.6 Å². The van der Waals surface area contributed by atoms with Gasteiger partial charge in [-0.05, 0) is 41.7 Å². The van der Waals surface area contributed by atoms with Gasteiger partial charge in [-0.25, -0.2) is 4.98 Å². The lowest BCUT2D eigenvalue weighted by Gasteiger charge is -2.22. The van der Waals surface area contributed by atoms with Crippen molar-refractivity contribution in [1.29, 1.82) is 0 Å². The number of carboxylic acids is 1. The van der Waals surface area contributed by atoms with E-state index in [2.05, 4.69) is 46.7 Å². The van der Waals surface area contributed by atoms with Crippen LogP contribution in [0, 0.1) is 0 Å². The lowest BCUT2D eigenvalue weighted by molar-refractivity contribution is -0.136. The summed E-state index contributed by atoms with van der Waals surface area (Å²) in [5, 5.41) is 11.9. The average Bonchev–Trinajstić information content (AvgIpc) is 3.42. The van der Waals surface area contributed by atoms with Crippen LogP contribution >= 0.6 is 11.3 Å². The number of anilines is 1. The molecule has 3 aromatic carbocycles. The minimum Gasteiger partial charge on any atom is -0.489 e. The number of nitrogens with zero attached hydrogens (tertiary/aromatic N) is 2. The van der Waals surface area contributed by atoms with E-state index in [1.807, 2.05) is 42.5 Å². The number of thiazole rings is 1. The second kappa shape index (κ2) is 13.6.